The van der Waals surface area contributed by atoms with Gasteiger partial charge in [-0.1, -0.05) is 23.2 Å². The third-order valence-corrected chi connectivity index (χ3v) is 4.48. The summed E-state index contributed by atoms with van der Waals surface area (Å²) in [7, 11) is 0. The summed E-state index contributed by atoms with van der Waals surface area (Å²) in [5.74, 6) is 0.785. The zero-order valence-electron chi connectivity index (χ0n) is 11.9. The summed E-state index contributed by atoms with van der Waals surface area (Å²) in [6, 6.07) is 4.94. The van der Waals surface area contributed by atoms with Crippen molar-refractivity contribution >= 4 is 29.1 Å². The van der Waals surface area contributed by atoms with Gasteiger partial charge in [-0.15, -0.1) is 0 Å². The minimum atomic E-state index is -0.576. The fourth-order valence-corrected chi connectivity index (χ4v) is 2.69. The van der Waals surface area contributed by atoms with Gasteiger partial charge in [-0.05, 0) is 37.8 Å². The second-order valence-electron chi connectivity index (χ2n) is 5.29. The Hall–Kier alpha value is -0.970. The van der Waals surface area contributed by atoms with Crippen LogP contribution in [0.2, 0.25) is 10.0 Å². The monoisotopic (exact) mass is 331 g/mol. The molecule has 0 saturated carbocycles. The van der Waals surface area contributed by atoms with E-state index >= 15 is 0 Å². The SMILES string of the molecule is CC(Oc1ccc(Cl)c(Cl)c1)C(=O)N1CCC(CO)CC1. The first-order chi connectivity index (χ1) is 10.0. The Labute approximate surface area is 134 Å². The van der Waals surface area contributed by atoms with Gasteiger partial charge in [-0.2, -0.15) is 0 Å². The number of rotatable bonds is 4. The van der Waals surface area contributed by atoms with Gasteiger partial charge >= 0.3 is 0 Å². The third kappa shape index (κ3) is 4.25. The molecular formula is C15H19Cl2NO3. The summed E-state index contributed by atoms with van der Waals surface area (Å²) < 4.78 is 5.63. The Morgan fingerprint density at radius 2 is 2.05 bits per heavy atom. The molecule has 2 rings (SSSR count). The molecule has 1 fully saturated rings. The Balaban J connectivity index is 1.92. The highest BCUT2D eigenvalue weighted by molar-refractivity contribution is 6.42. The molecule has 1 heterocycles. The van der Waals surface area contributed by atoms with Crippen molar-refractivity contribution < 1.29 is 14.6 Å². The Morgan fingerprint density at radius 1 is 1.38 bits per heavy atom. The van der Waals surface area contributed by atoms with Gasteiger partial charge in [0.25, 0.3) is 5.91 Å². The van der Waals surface area contributed by atoms with Crippen molar-refractivity contribution in [3.63, 3.8) is 0 Å². The molecule has 0 spiro atoms. The lowest BCUT2D eigenvalue weighted by atomic mass is 9.97. The highest BCUT2D eigenvalue weighted by Gasteiger charge is 2.26. The second-order valence-corrected chi connectivity index (χ2v) is 6.10. The molecule has 1 aliphatic heterocycles. The number of carbonyl (C=O) groups is 1. The summed E-state index contributed by atoms with van der Waals surface area (Å²) in [6.45, 7) is 3.25. The van der Waals surface area contributed by atoms with E-state index in [2.05, 4.69) is 0 Å². The molecule has 21 heavy (non-hydrogen) atoms. The fraction of sp³-hybridized carbons (Fsp3) is 0.533. The van der Waals surface area contributed by atoms with Crippen LogP contribution in [0, 0.1) is 5.92 Å². The van der Waals surface area contributed by atoms with Crippen LogP contribution in [0.25, 0.3) is 0 Å². The van der Waals surface area contributed by atoms with Gasteiger partial charge in [0.05, 0.1) is 10.0 Å². The van der Waals surface area contributed by atoms with E-state index < -0.39 is 6.10 Å². The van der Waals surface area contributed by atoms with Gasteiger partial charge in [-0.25, -0.2) is 0 Å². The topological polar surface area (TPSA) is 49.8 Å². The third-order valence-electron chi connectivity index (χ3n) is 3.74. The molecule has 4 nitrogen and oxygen atoms in total. The number of halogens is 2. The molecule has 1 saturated heterocycles. The number of likely N-dealkylation sites (tertiary alicyclic amines) is 1. The van der Waals surface area contributed by atoms with Crippen molar-refractivity contribution in [3.05, 3.63) is 28.2 Å². The van der Waals surface area contributed by atoms with Crippen LogP contribution >= 0.6 is 23.2 Å². The molecule has 116 valence electrons. The van der Waals surface area contributed by atoms with Gasteiger partial charge in [0, 0.05) is 25.8 Å². The van der Waals surface area contributed by atoms with Gasteiger partial charge < -0.3 is 14.7 Å². The number of benzene rings is 1. The molecule has 0 radical (unpaired) electrons. The number of hydrogen-bond acceptors (Lipinski definition) is 3. The molecule has 1 amide bonds. The van der Waals surface area contributed by atoms with Crippen LogP contribution in [0.15, 0.2) is 18.2 Å². The van der Waals surface area contributed by atoms with E-state index in [1.165, 1.54) is 0 Å². The predicted octanol–water partition coefficient (Wildman–Crippen LogP) is 2.99. The van der Waals surface area contributed by atoms with Crippen LogP contribution in [-0.4, -0.2) is 41.7 Å². The van der Waals surface area contributed by atoms with E-state index in [0.717, 1.165) is 12.8 Å². The zero-order chi connectivity index (χ0) is 15.4. The highest BCUT2D eigenvalue weighted by Crippen LogP contribution is 2.27. The lowest BCUT2D eigenvalue weighted by Crippen LogP contribution is -2.45. The molecule has 0 aliphatic carbocycles. The smallest absolute Gasteiger partial charge is 0.263 e. The summed E-state index contributed by atoms with van der Waals surface area (Å²) in [5.41, 5.74) is 0. The Kier molecular flexibility index (Phi) is 5.73. The van der Waals surface area contributed by atoms with Crippen LogP contribution in [-0.2, 0) is 4.79 Å². The van der Waals surface area contributed by atoms with Crippen LogP contribution < -0.4 is 4.74 Å². The standard InChI is InChI=1S/C15H19Cl2NO3/c1-10(21-12-2-3-13(16)14(17)8-12)15(20)18-6-4-11(9-19)5-7-18/h2-3,8,10-11,19H,4-7,9H2,1H3. The molecule has 6 heteroatoms. The van der Waals surface area contributed by atoms with E-state index in [1.54, 1.807) is 30.0 Å². The average Bonchev–Trinajstić information content (AvgIpc) is 2.50. The zero-order valence-corrected chi connectivity index (χ0v) is 13.4. The number of carbonyl (C=O) groups excluding carboxylic acids is 1. The first-order valence-corrected chi connectivity index (χ1v) is 7.78. The van der Waals surface area contributed by atoms with E-state index in [9.17, 15) is 4.79 Å². The minimum Gasteiger partial charge on any atom is -0.481 e. The number of piperidine rings is 1. The highest BCUT2D eigenvalue weighted by atomic mass is 35.5. The van der Waals surface area contributed by atoms with Crippen molar-refractivity contribution in [2.45, 2.75) is 25.9 Å². The molecule has 1 aromatic carbocycles. The van der Waals surface area contributed by atoms with Crippen molar-refractivity contribution in [3.8, 4) is 5.75 Å². The largest absolute Gasteiger partial charge is 0.481 e. The van der Waals surface area contributed by atoms with Gasteiger partial charge in [0.2, 0.25) is 0 Å². The molecule has 0 bridgehead atoms. The normalized spacial score (nSPS) is 17.6. The maximum Gasteiger partial charge on any atom is 0.263 e. The maximum absolute atomic E-state index is 12.3. The summed E-state index contributed by atoms with van der Waals surface area (Å²) >= 11 is 11.8. The number of hydrogen-bond donors (Lipinski definition) is 1. The summed E-state index contributed by atoms with van der Waals surface area (Å²) in [4.78, 5) is 14.1. The Bertz CT molecular complexity index is 502. The molecule has 1 unspecified atom stereocenters. The van der Waals surface area contributed by atoms with Gasteiger partial charge in [0.15, 0.2) is 6.10 Å². The number of aliphatic hydroxyl groups excluding tert-OH is 1. The molecule has 0 aromatic heterocycles. The quantitative estimate of drug-likeness (QED) is 0.922. The lowest BCUT2D eigenvalue weighted by molar-refractivity contribution is -0.139. The number of amides is 1. The molecule has 1 N–H and O–H groups in total. The first kappa shape index (κ1) is 16.4. The molecule has 1 atom stereocenters. The number of ether oxygens (including phenoxy) is 1. The van der Waals surface area contributed by atoms with E-state index in [4.69, 9.17) is 33.0 Å². The number of aliphatic hydroxyl groups is 1. The van der Waals surface area contributed by atoms with E-state index in [-0.39, 0.29) is 12.5 Å². The molecular weight excluding hydrogens is 313 g/mol. The van der Waals surface area contributed by atoms with Crippen LogP contribution in [0.3, 0.4) is 0 Å². The molecule has 1 aliphatic rings. The predicted molar refractivity (Wildman–Crippen MR) is 82.9 cm³/mol. The van der Waals surface area contributed by atoms with Crippen molar-refractivity contribution in [2.75, 3.05) is 19.7 Å². The molecule has 1 aromatic rings. The summed E-state index contributed by atoms with van der Waals surface area (Å²) in [6.07, 6.45) is 1.09. The van der Waals surface area contributed by atoms with Gasteiger partial charge in [-0.3, -0.25) is 4.79 Å². The van der Waals surface area contributed by atoms with Gasteiger partial charge in [0.1, 0.15) is 5.75 Å². The maximum atomic E-state index is 12.3. The number of nitrogens with zero attached hydrogens (tertiary/aromatic N) is 1. The van der Waals surface area contributed by atoms with E-state index in [0.29, 0.717) is 34.8 Å². The van der Waals surface area contributed by atoms with Crippen LogP contribution in [0.1, 0.15) is 19.8 Å². The van der Waals surface area contributed by atoms with E-state index in [1.807, 2.05) is 0 Å². The van der Waals surface area contributed by atoms with Crippen molar-refractivity contribution in [1.82, 2.24) is 4.90 Å². The van der Waals surface area contributed by atoms with Crippen LogP contribution in [0.5, 0.6) is 5.75 Å². The average molecular weight is 332 g/mol. The van der Waals surface area contributed by atoms with Crippen molar-refractivity contribution in [2.24, 2.45) is 5.92 Å². The Morgan fingerprint density at radius 3 is 2.62 bits per heavy atom. The second kappa shape index (κ2) is 7.34. The minimum absolute atomic E-state index is 0.0440. The van der Waals surface area contributed by atoms with Crippen LogP contribution in [0.4, 0.5) is 0 Å². The van der Waals surface area contributed by atoms with Crippen molar-refractivity contribution in [1.29, 1.82) is 0 Å². The summed E-state index contributed by atoms with van der Waals surface area (Å²) in [5, 5.41) is 9.97. The lowest BCUT2D eigenvalue weighted by Gasteiger charge is -2.32. The fourth-order valence-electron chi connectivity index (χ4n) is 2.40. The first-order valence-electron chi connectivity index (χ1n) is 7.02.